The van der Waals surface area contributed by atoms with Gasteiger partial charge in [0.25, 0.3) is 11.6 Å². The molecule has 0 fully saturated rings. The molecule has 0 spiro atoms. The summed E-state index contributed by atoms with van der Waals surface area (Å²) in [5.41, 5.74) is 4.71. The number of carbonyl (C=O) groups excluding carboxylic acids is 1. The second kappa shape index (κ2) is 9.19. The van der Waals surface area contributed by atoms with Gasteiger partial charge in [0.1, 0.15) is 12.4 Å². The van der Waals surface area contributed by atoms with Gasteiger partial charge in [0.15, 0.2) is 0 Å². The standard InChI is InChI=1S/C17H14ClN3O4/c18-10-1-11-25-16-8-2-13(3-9-16)12-19-20-17(22)14-4-6-15(7-5-14)21(23)24/h1-10,12H,11H2,(H,20,22)/b10-1+,19-12+. The highest BCUT2D eigenvalue weighted by Gasteiger charge is 2.08. The SMILES string of the molecule is O=C(N/N=C/c1ccc(OC/C=C/Cl)cc1)c1ccc([N+](=O)[O-])cc1. The first kappa shape index (κ1) is 18.2. The molecule has 0 unspecified atom stereocenters. The molecule has 0 aliphatic carbocycles. The number of nitrogens with zero attached hydrogens (tertiary/aromatic N) is 2. The lowest BCUT2D eigenvalue weighted by atomic mass is 10.2. The van der Waals surface area contributed by atoms with Gasteiger partial charge in [-0.15, -0.1) is 0 Å². The van der Waals surface area contributed by atoms with Gasteiger partial charge in [-0.25, -0.2) is 5.43 Å². The number of ether oxygens (including phenoxy) is 1. The Morgan fingerprint density at radius 3 is 2.48 bits per heavy atom. The number of hydrogen-bond acceptors (Lipinski definition) is 5. The van der Waals surface area contributed by atoms with Gasteiger partial charge in [-0.2, -0.15) is 5.10 Å². The van der Waals surface area contributed by atoms with Crippen LogP contribution in [0.15, 0.2) is 65.2 Å². The number of hydrazone groups is 1. The molecule has 0 bridgehead atoms. The topological polar surface area (TPSA) is 93.8 Å². The summed E-state index contributed by atoms with van der Waals surface area (Å²) in [6.07, 6.45) is 3.15. The van der Waals surface area contributed by atoms with Crippen LogP contribution in [0.25, 0.3) is 0 Å². The molecule has 128 valence electrons. The molecule has 1 amide bonds. The number of benzene rings is 2. The predicted molar refractivity (Wildman–Crippen MR) is 95.1 cm³/mol. The molecule has 0 atom stereocenters. The molecule has 2 aromatic rings. The summed E-state index contributed by atoms with van der Waals surface area (Å²) in [6, 6.07) is 12.3. The zero-order chi connectivity index (χ0) is 18.1. The van der Waals surface area contributed by atoms with Crippen molar-refractivity contribution in [2.45, 2.75) is 0 Å². The summed E-state index contributed by atoms with van der Waals surface area (Å²) in [4.78, 5) is 21.9. The predicted octanol–water partition coefficient (Wildman–Crippen LogP) is 3.49. The molecule has 25 heavy (non-hydrogen) atoms. The van der Waals surface area contributed by atoms with E-state index in [1.807, 2.05) is 0 Å². The van der Waals surface area contributed by atoms with Crippen LogP contribution in [0.5, 0.6) is 5.75 Å². The highest BCUT2D eigenvalue weighted by atomic mass is 35.5. The zero-order valence-electron chi connectivity index (χ0n) is 13.0. The maximum absolute atomic E-state index is 11.9. The molecule has 0 radical (unpaired) electrons. The Balaban J connectivity index is 1.89. The molecule has 0 saturated carbocycles. The number of nitrogens with one attached hydrogen (secondary N) is 1. The van der Waals surface area contributed by atoms with Crippen LogP contribution in [0.1, 0.15) is 15.9 Å². The Labute approximate surface area is 148 Å². The largest absolute Gasteiger partial charge is 0.490 e. The van der Waals surface area contributed by atoms with Crippen molar-refractivity contribution in [3.8, 4) is 5.75 Å². The number of non-ortho nitro benzene ring substituents is 1. The van der Waals surface area contributed by atoms with E-state index in [4.69, 9.17) is 16.3 Å². The van der Waals surface area contributed by atoms with Gasteiger partial charge >= 0.3 is 0 Å². The average Bonchev–Trinajstić information content (AvgIpc) is 2.63. The molecular formula is C17H14ClN3O4. The highest BCUT2D eigenvalue weighted by Crippen LogP contribution is 2.12. The lowest BCUT2D eigenvalue weighted by Crippen LogP contribution is -2.17. The number of nitro groups is 1. The van der Waals surface area contributed by atoms with Gasteiger partial charge in [-0.3, -0.25) is 14.9 Å². The first-order valence-corrected chi connectivity index (χ1v) is 7.60. The second-order valence-electron chi connectivity index (χ2n) is 4.74. The van der Waals surface area contributed by atoms with E-state index in [-0.39, 0.29) is 11.3 Å². The van der Waals surface area contributed by atoms with Gasteiger partial charge in [0.05, 0.1) is 11.1 Å². The fraction of sp³-hybridized carbons (Fsp3) is 0.0588. The summed E-state index contributed by atoms with van der Waals surface area (Å²) >= 11 is 5.40. The van der Waals surface area contributed by atoms with Crippen molar-refractivity contribution in [2.75, 3.05) is 6.61 Å². The van der Waals surface area contributed by atoms with E-state index in [1.165, 1.54) is 36.0 Å². The van der Waals surface area contributed by atoms with E-state index >= 15 is 0 Å². The molecule has 0 aliphatic heterocycles. The number of amides is 1. The van der Waals surface area contributed by atoms with Crippen LogP contribution in [0.2, 0.25) is 0 Å². The lowest BCUT2D eigenvalue weighted by Gasteiger charge is -2.03. The minimum Gasteiger partial charge on any atom is -0.490 e. The maximum Gasteiger partial charge on any atom is 0.271 e. The van der Waals surface area contributed by atoms with Crippen LogP contribution in [0.3, 0.4) is 0 Å². The molecule has 7 nitrogen and oxygen atoms in total. The van der Waals surface area contributed by atoms with Gasteiger partial charge in [0, 0.05) is 23.2 Å². The van der Waals surface area contributed by atoms with Crippen LogP contribution in [-0.2, 0) is 0 Å². The number of nitro benzene ring substituents is 1. The molecule has 2 rings (SSSR count). The molecule has 8 heteroatoms. The fourth-order valence-electron chi connectivity index (χ4n) is 1.80. The molecule has 0 saturated heterocycles. The molecule has 0 aliphatic rings. The maximum atomic E-state index is 11.9. The van der Waals surface area contributed by atoms with E-state index in [2.05, 4.69) is 10.5 Å². The van der Waals surface area contributed by atoms with E-state index in [1.54, 1.807) is 30.3 Å². The molecular weight excluding hydrogens is 346 g/mol. The minimum atomic E-state index is -0.529. The average molecular weight is 360 g/mol. The summed E-state index contributed by atoms with van der Waals surface area (Å²) < 4.78 is 5.39. The van der Waals surface area contributed by atoms with Crippen molar-refractivity contribution in [2.24, 2.45) is 5.10 Å². The van der Waals surface area contributed by atoms with Crippen molar-refractivity contribution in [1.29, 1.82) is 0 Å². The summed E-state index contributed by atoms with van der Waals surface area (Å²) in [5, 5.41) is 14.4. The Morgan fingerprint density at radius 1 is 1.20 bits per heavy atom. The third-order valence-corrected chi connectivity index (χ3v) is 3.21. The van der Waals surface area contributed by atoms with E-state index in [0.717, 1.165) is 5.56 Å². The third-order valence-electron chi connectivity index (χ3n) is 3.04. The first-order chi connectivity index (χ1) is 12.1. The van der Waals surface area contributed by atoms with E-state index in [9.17, 15) is 14.9 Å². The molecule has 0 heterocycles. The van der Waals surface area contributed by atoms with E-state index < -0.39 is 10.8 Å². The summed E-state index contributed by atoms with van der Waals surface area (Å²) in [5.74, 6) is 0.223. The fourth-order valence-corrected chi connectivity index (χ4v) is 1.87. The highest BCUT2D eigenvalue weighted by molar-refractivity contribution is 6.25. The van der Waals surface area contributed by atoms with Crippen LogP contribution < -0.4 is 10.2 Å². The van der Waals surface area contributed by atoms with Crippen molar-refractivity contribution in [3.63, 3.8) is 0 Å². The Hall–Kier alpha value is -3.19. The van der Waals surface area contributed by atoms with Crippen LogP contribution in [0, 0.1) is 10.1 Å². The first-order valence-electron chi connectivity index (χ1n) is 7.16. The third kappa shape index (κ3) is 5.74. The van der Waals surface area contributed by atoms with Gasteiger partial charge in [0.2, 0.25) is 0 Å². The van der Waals surface area contributed by atoms with Crippen LogP contribution in [-0.4, -0.2) is 23.7 Å². The number of rotatable bonds is 7. The zero-order valence-corrected chi connectivity index (χ0v) is 13.7. The van der Waals surface area contributed by atoms with Crippen molar-refractivity contribution < 1.29 is 14.5 Å². The van der Waals surface area contributed by atoms with Crippen molar-refractivity contribution >= 4 is 29.4 Å². The van der Waals surface area contributed by atoms with Crippen LogP contribution in [0.4, 0.5) is 5.69 Å². The normalized spacial score (nSPS) is 10.9. The van der Waals surface area contributed by atoms with Gasteiger partial charge < -0.3 is 4.74 Å². The molecule has 1 N–H and O–H groups in total. The number of hydrogen-bond donors (Lipinski definition) is 1. The molecule has 0 aromatic heterocycles. The summed E-state index contributed by atoms with van der Waals surface area (Å²) in [6.45, 7) is 0.377. The van der Waals surface area contributed by atoms with E-state index in [0.29, 0.717) is 12.4 Å². The van der Waals surface area contributed by atoms with Gasteiger partial charge in [-0.1, -0.05) is 11.6 Å². The Bertz CT molecular complexity index is 787. The smallest absolute Gasteiger partial charge is 0.271 e. The van der Waals surface area contributed by atoms with Crippen molar-refractivity contribution in [1.82, 2.24) is 5.43 Å². The molecule has 2 aromatic carbocycles. The Kier molecular flexibility index (Phi) is 6.67. The minimum absolute atomic E-state index is 0.0797. The monoisotopic (exact) mass is 359 g/mol. The number of carbonyl (C=O) groups is 1. The van der Waals surface area contributed by atoms with Crippen LogP contribution >= 0.6 is 11.6 Å². The second-order valence-corrected chi connectivity index (χ2v) is 5.00. The van der Waals surface area contributed by atoms with Crippen molar-refractivity contribution in [3.05, 3.63) is 81.4 Å². The Morgan fingerprint density at radius 2 is 1.88 bits per heavy atom. The number of halogens is 1. The van der Waals surface area contributed by atoms with Gasteiger partial charge in [-0.05, 0) is 48.0 Å². The lowest BCUT2D eigenvalue weighted by molar-refractivity contribution is -0.384. The quantitative estimate of drug-likeness (QED) is 0.465. The summed E-state index contributed by atoms with van der Waals surface area (Å²) in [7, 11) is 0.